The van der Waals surface area contributed by atoms with Gasteiger partial charge in [-0.3, -0.25) is 9.59 Å². The molecule has 3 aromatic rings. The molecule has 0 amide bonds. The number of unbranched alkanes of at least 4 members (excludes halogenated alkanes) is 8. The summed E-state index contributed by atoms with van der Waals surface area (Å²) in [4.78, 5) is 33.0. The van der Waals surface area contributed by atoms with Crippen molar-refractivity contribution in [1.82, 2.24) is 4.90 Å². The van der Waals surface area contributed by atoms with Gasteiger partial charge < -0.3 is 30.1 Å². The summed E-state index contributed by atoms with van der Waals surface area (Å²) in [5.74, 6) is -4.10. The van der Waals surface area contributed by atoms with Crippen LogP contribution in [-0.2, 0) is 14.4 Å². The van der Waals surface area contributed by atoms with Crippen molar-refractivity contribution in [2.75, 3.05) is 26.2 Å². The molecule has 0 unspecified atom stereocenters. The van der Waals surface area contributed by atoms with Crippen LogP contribution in [0.3, 0.4) is 0 Å². The zero-order chi connectivity index (χ0) is 37.5. The van der Waals surface area contributed by atoms with Gasteiger partial charge in [0.1, 0.15) is 5.75 Å². The summed E-state index contributed by atoms with van der Waals surface area (Å²) in [7, 11) is 0. The van der Waals surface area contributed by atoms with E-state index in [2.05, 4.69) is 79.4 Å². The number of rotatable bonds is 23. The van der Waals surface area contributed by atoms with Crippen LogP contribution in [0, 0.1) is 0 Å². The van der Waals surface area contributed by atoms with E-state index >= 15 is 0 Å². The maximum absolute atomic E-state index is 10.3. The molecule has 0 radical (unpaired) electrons. The number of ether oxygens (including phenoxy) is 1. The van der Waals surface area contributed by atoms with Crippen LogP contribution >= 0.6 is 11.6 Å². The van der Waals surface area contributed by atoms with Crippen molar-refractivity contribution in [3.05, 3.63) is 102 Å². The minimum absolute atomic E-state index is 0.755. The second-order valence-corrected chi connectivity index (χ2v) is 12.9. The Morgan fingerprint density at radius 3 is 1.51 bits per heavy atom. The average molecular weight is 724 g/mol. The molecule has 0 aliphatic heterocycles. The number of aliphatic carboxylic acids is 3. The third kappa shape index (κ3) is 16.6. The molecular weight excluding hydrogens is 670 g/mol. The van der Waals surface area contributed by atoms with Crippen molar-refractivity contribution in [2.45, 2.75) is 90.1 Å². The number of hydrogen-bond acceptors (Lipinski definition) is 6. The Labute approximate surface area is 307 Å². The number of carboxylic acid groups (broad SMARTS) is 3. The molecule has 0 aliphatic rings. The Morgan fingerprint density at radius 2 is 1.06 bits per heavy atom. The number of carboxylic acids is 3. The van der Waals surface area contributed by atoms with Gasteiger partial charge in [0.05, 0.1) is 24.5 Å². The third-order valence-electron chi connectivity index (χ3n) is 8.52. The highest BCUT2D eigenvalue weighted by Crippen LogP contribution is 2.35. The summed E-state index contributed by atoms with van der Waals surface area (Å²) in [6.45, 7) is 8.92. The van der Waals surface area contributed by atoms with E-state index < -0.39 is 36.4 Å². The fourth-order valence-corrected chi connectivity index (χ4v) is 5.93. The van der Waals surface area contributed by atoms with E-state index in [0.717, 1.165) is 46.1 Å². The lowest BCUT2D eigenvalue weighted by atomic mass is 9.95. The highest BCUT2D eigenvalue weighted by Gasteiger charge is 2.40. The molecule has 0 heterocycles. The van der Waals surface area contributed by atoms with E-state index in [0.29, 0.717) is 0 Å². The average Bonchev–Trinajstić information content (AvgIpc) is 3.11. The molecule has 10 heteroatoms. The van der Waals surface area contributed by atoms with Crippen molar-refractivity contribution >= 4 is 40.1 Å². The minimum Gasteiger partial charge on any atom is -0.494 e. The number of benzene rings is 3. The number of aliphatic hydroxyl groups is 1. The van der Waals surface area contributed by atoms with Gasteiger partial charge in [0, 0.05) is 5.57 Å². The second kappa shape index (κ2) is 24.1. The van der Waals surface area contributed by atoms with E-state index in [9.17, 15) is 14.4 Å². The molecule has 0 atom stereocenters. The van der Waals surface area contributed by atoms with Crippen molar-refractivity contribution in [1.29, 1.82) is 0 Å². The first-order valence-electron chi connectivity index (χ1n) is 17.9. The van der Waals surface area contributed by atoms with Crippen molar-refractivity contribution in [2.24, 2.45) is 0 Å². The van der Waals surface area contributed by atoms with Crippen molar-refractivity contribution in [3.8, 4) is 5.75 Å². The normalized spacial score (nSPS) is 11.7. The van der Waals surface area contributed by atoms with Gasteiger partial charge in [-0.15, -0.1) is 0 Å². The summed E-state index contributed by atoms with van der Waals surface area (Å²) < 4.78 is 6.05. The Hall–Kier alpha value is -4.18. The van der Waals surface area contributed by atoms with Crippen LogP contribution in [-0.4, -0.2) is 75.1 Å². The van der Waals surface area contributed by atoms with Gasteiger partial charge >= 0.3 is 17.9 Å². The maximum Gasteiger partial charge on any atom is 0.336 e. The van der Waals surface area contributed by atoms with E-state index in [1.807, 2.05) is 24.3 Å². The fraction of sp³-hybridized carbons (Fsp3) is 0.439. The first kappa shape index (κ1) is 43.0. The monoisotopic (exact) mass is 723 g/mol. The van der Waals surface area contributed by atoms with Crippen molar-refractivity contribution < 1.29 is 39.5 Å². The van der Waals surface area contributed by atoms with Crippen LogP contribution in [0.2, 0.25) is 0 Å². The Balaban J connectivity index is 0.000000588. The zero-order valence-electron chi connectivity index (χ0n) is 29.9. The first-order chi connectivity index (χ1) is 24.5. The molecule has 0 saturated heterocycles. The molecule has 0 bridgehead atoms. The molecule has 278 valence electrons. The van der Waals surface area contributed by atoms with Gasteiger partial charge in [-0.1, -0.05) is 143 Å². The van der Waals surface area contributed by atoms with Crippen LogP contribution in [0.4, 0.5) is 0 Å². The topological polar surface area (TPSA) is 145 Å². The number of nitrogens with zero attached hydrogens (tertiary/aromatic N) is 1. The van der Waals surface area contributed by atoms with Crippen LogP contribution in [0.15, 0.2) is 84.9 Å². The van der Waals surface area contributed by atoms with E-state index in [4.69, 9.17) is 36.8 Å². The molecule has 0 spiro atoms. The predicted octanol–water partition coefficient (Wildman–Crippen LogP) is 8.83. The van der Waals surface area contributed by atoms with Crippen LogP contribution < -0.4 is 4.74 Å². The molecule has 9 nitrogen and oxygen atoms in total. The highest BCUT2D eigenvalue weighted by molar-refractivity contribution is 6.53. The molecule has 0 saturated carbocycles. The van der Waals surface area contributed by atoms with Crippen molar-refractivity contribution in [3.63, 3.8) is 0 Å². The summed E-state index contributed by atoms with van der Waals surface area (Å²) in [6.07, 6.45) is 9.60. The van der Waals surface area contributed by atoms with Crippen LogP contribution in [0.25, 0.3) is 10.6 Å². The molecular formula is C41H54ClNO8. The zero-order valence-corrected chi connectivity index (χ0v) is 30.7. The first-order valence-corrected chi connectivity index (χ1v) is 18.2. The van der Waals surface area contributed by atoms with Gasteiger partial charge in [0.2, 0.25) is 0 Å². The summed E-state index contributed by atoms with van der Waals surface area (Å²) in [5.41, 5.74) is 1.51. The van der Waals surface area contributed by atoms with Gasteiger partial charge in [-0.2, -0.15) is 0 Å². The molecule has 3 rings (SSSR count). The number of hydrogen-bond donors (Lipinski definition) is 4. The predicted molar refractivity (Wildman–Crippen MR) is 203 cm³/mol. The molecule has 0 aliphatic carbocycles. The Bertz CT molecular complexity index is 1460. The largest absolute Gasteiger partial charge is 0.494 e. The van der Waals surface area contributed by atoms with Gasteiger partial charge in [-0.25, -0.2) is 4.79 Å². The van der Waals surface area contributed by atoms with Crippen LogP contribution in [0.1, 0.15) is 101 Å². The van der Waals surface area contributed by atoms with Gasteiger partial charge in [0.25, 0.3) is 0 Å². The SMILES string of the molecule is CCN(CC)CCCCCCCCCCCOc1ccc(C(=C(Cl)c2ccccc2)c2ccccc2)cc1.O=C(O)CC(O)(CC(=O)O)C(=O)O. The van der Waals surface area contributed by atoms with E-state index in [1.165, 1.54) is 71.0 Å². The summed E-state index contributed by atoms with van der Waals surface area (Å²) in [5, 5.41) is 34.6. The standard InChI is InChI=1S/C35H46ClNO.C6H8O7/c1-3-37(4-2)28-18-10-8-6-5-7-9-11-19-29-38-33-26-24-31(25-27-33)34(30-20-14-12-15-21-30)35(36)32-22-16-13-17-23-32;7-3(8)1-6(13,5(11)12)2-4(9)10/h12-17,20-27H,3-11,18-19,28-29H2,1-2H3;13H,1-2H2,(H,7,8)(H,9,10)(H,11,12). The number of carbonyl (C=O) groups is 3. The molecule has 3 aromatic carbocycles. The quantitative estimate of drug-likeness (QED) is 0.0557. The lowest BCUT2D eigenvalue weighted by Crippen LogP contribution is -2.42. The van der Waals surface area contributed by atoms with Gasteiger partial charge in [-0.05, 0) is 61.3 Å². The van der Waals surface area contributed by atoms with Gasteiger partial charge in [0.15, 0.2) is 5.60 Å². The fourth-order valence-electron chi connectivity index (χ4n) is 5.59. The van der Waals surface area contributed by atoms with E-state index in [1.54, 1.807) is 0 Å². The lowest BCUT2D eigenvalue weighted by molar-refractivity contribution is -0.170. The van der Waals surface area contributed by atoms with E-state index in [-0.39, 0.29) is 0 Å². The smallest absolute Gasteiger partial charge is 0.336 e. The lowest BCUT2D eigenvalue weighted by Gasteiger charge is -2.18. The van der Waals surface area contributed by atoms with Crippen LogP contribution in [0.5, 0.6) is 5.75 Å². The molecule has 51 heavy (non-hydrogen) atoms. The molecule has 0 fully saturated rings. The Kier molecular flexibility index (Phi) is 20.3. The minimum atomic E-state index is -2.74. The highest BCUT2D eigenvalue weighted by atomic mass is 35.5. The second-order valence-electron chi connectivity index (χ2n) is 12.5. The molecule has 0 aromatic heterocycles. The third-order valence-corrected chi connectivity index (χ3v) is 8.93. The number of halogens is 1. The molecule has 4 N–H and O–H groups in total. The maximum atomic E-state index is 10.3. The Morgan fingerprint density at radius 1 is 0.627 bits per heavy atom. The summed E-state index contributed by atoms with van der Waals surface area (Å²) >= 11 is 6.94. The summed E-state index contributed by atoms with van der Waals surface area (Å²) in [6, 6.07) is 28.9.